The molecule has 1 atom stereocenters. The molecule has 4 rings (SSSR count). The second kappa shape index (κ2) is 5.62. The number of nitrogens with zero attached hydrogens (tertiary/aromatic N) is 3. The summed E-state index contributed by atoms with van der Waals surface area (Å²) in [5.74, 6) is 1.28. The van der Waals surface area contributed by atoms with E-state index in [0.29, 0.717) is 6.54 Å². The largest absolute Gasteiger partial charge is 0.369 e. The number of aromatic nitrogens is 2. The SMILES string of the molecule is NC(=O)C1CCN(c2nc(-c3ccsc3)nc3ccccc23)C1. The van der Waals surface area contributed by atoms with Crippen molar-refractivity contribution in [3.05, 3.63) is 41.1 Å². The second-order valence-corrected chi connectivity index (χ2v) is 6.51. The Bertz CT molecular complexity index is 862. The Balaban J connectivity index is 1.83. The average molecular weight is 324 g/mol. The number of fused-ring (bicyclic) bond motifs is 1. The molecule has 0 spiro atoms. The third-order valence-electron chi connectivity index (χ3n) is 4.25. The minimum absolute atomic E-state index is 0.103. The zero-order valence-electron chi connectivity index (χ0n) is 12.5. The number of benzene rings is 1. The third-order valence-corrected chi connectivity index (χ3v) is 4.94. The summed E-state index contributed by atoms with van der Waals surface area (Å²) >= 11 is 1.63. The number of thiophene rings is 1. The van der Waals surface area contributed by atoms with E-state index in [1.165, 1.54) is 0 Å². The van der Waals surface area contributed by atoms with Crippen molar-refractivity contribution in [1.29, 1.82) is 0 Å². The van der Waals surface area contributed by atoms with Crippen molar-refractivity contribution < 1.29 is 4.79 Å². The molecule has 1 unspecified atom stereocenters. The fourth-order valence-electron chi connectivity index (χ4n) is 3.01. The van der Waals surface area contributed by atoms with E-state index in [1.54, 1.807) is 11.3 Å². The molecular formula is C17H16N4OS. The van der Waals surface area contributed by atoms with Gasteiger partial charge in [-0.3, -0.25) is 4.79 Å². The van der Waals surface area contributed by atoms with Crippen LogP contribution >= 0.6 is 11.3 Å². The van der Waals surface area contributed by atoms with Gasteiger partial charge in [0.1, 0.15) is 5.82 Å². The normalized spacial score (nSPS) is 17.7. The van der Waals surface area contributed by atoms with Crippen LogP contribution in [0.25, 0.3) is 22.3 Å². The lowest BCUT2D eigenvalue weighted by Crippen LogP contribution is -2.28. The lowest BCUT2D eigenvalue weighted by Gasteiger charge is -2.19. The maximum absolute atomic E-state index is 11.5. The molecule has 1 fully saturated rings. The van der Waals surface area contributed by atoms with E-state index < -0.39 is 0 Å². The van der Waals surface area contributed by atoms with Crippen LogP contribution in [0.1, 0.15) is 6.42 Å². The maximum atomic E-state index is 11.5. The van der Waals surface area contributed by atoms with Gasteiger partial charge in [0.25, 0.3) is 0 Å². The number of primary amides is 1. The minimum Gasteiger partial charge on any atom is -0.369 e. The molecule has 2 aromatic heterocycles. The third kappa shape index (κ3) is 2.55. The summed E-state index contributed by atoms with van der Waals surface area (Å²) in [4.78, 5) is 23.1. The summed E-state index contributed by atoms with van der Waals surface area (Å²) in [6.45, 7) is 1.41. The molecule has 23 heavy (non-hydrogen) atoms. The molecule has 3 aromatic rings. The number of hydrogen-bond acceptors (Lipinski definition) is 5. The van der Waals surface area contributed by atoms with Crippen LogP contribution in [0.5, 0.6) is 0 Å². The lowest BCUT2D eigenvalue weighted by atomic mass is 10.1. The topological polar surface area (TPSA) is 72.1 Å². The quantitative estimate of drug-likeness (QED) is 0.804. The highest BCUT2D eigenvalue weighted by molar-refractivity contribution is 7.08. The molecule has 1 saturated heterocycles. The van der Waals surface area contributed by atoms with Crippen molar-refractivity contribution in [3.8, 4) is 11.4 Å². The van der Waals surface area contributed by atoms with E-state index in [1.807, 2.05) is 41.1 Å². The van der Waals surface area contributed by atoms with Gasteiger partial charge < -0.3 is 10.6 Å². The molecule has 0 aliphatic carbocycles. The van der Waals surface area contributed by atoms with Crippen LogP contribution in [0.15, 0.2) is 41.1 Å². The first-order valence-electron chi connectivity index (χ1n) is 7.56. The Morgan fingerprint density at radius 3 is 2.87 bits per heavy atom. The predicted molar refractivity (Wildman–Crippen MR) is 92.4 cm³/mol. The molecule has 116 valence electrons. The number of amides is 1. The van der Waals surface area contributed by atoms with Crippen molar-refractivity contribution in [3.63, 3.8) is 0 Å². The van der Waals surface area contributed by atoms with E-state index >= 15 is 0 Å². The Morgan fingerprint density at radius 1 is 1.26 bits per heavy atom. The van der Waals surface area contributed by atoms with Gasteiger partial charge in [0.15, 0.2) is 5.82 Å². The molecule has 1 aliphatic heterocycles. The first-order chi connectivity index (χ1) is 11.2. The van der Waals surface area contributed by atoms with Gasteiger partial charge in [-0.15, -0.1) is 0 Å². The number of anilines is 1. The van der Waals surface area contributed by atoms with Gasteiger partial charge in [-0.25, -0.2) is 9.97 Å². The Morgan fingerprint density at radius 2 is 2.13 bits per heavy atom. The Labute approximate surface area is 137 Å². The zero-order valence-corrected chi connectivity index (χ0v) is 13.3. The molecule has 3 heterocycles. The average Bonchev–Trinajstić information content (AvgIpc) is 3.25. The highest BCUT2D eigenvalue weighted by Crippen LogP contribution is 2.31. The van der Waals surface area contributed by atoms with E-state index in [2.05, 4.69) is 9.88 Å². The van der Waals surface area contributed by atoms with Crippen LogP contribution in [0.2, 0.25) is 0 Å². The molecule has 5 nitrogen and oxygen atoms in total. The molecule has 1 aliphatic rings. The van der Waals surface area contributed by atoms with Crippen LogP contribution in [-0.4, -0.2) is 29.0 Å². The Hall–Kier alpha value is -2.47. The first kappa shape index (κ1) is 14.1. The van der Waals surface area contributed by atoms with Crippen LogP contribution in [-0.2, 0) is 4.79 Å². The van der Waals surface area contributed by atoms with Gasteiger partial charge in [0.05, 0.1) is 11.4 Å². The summed E-state index contributed by atoms with van der Waals surface area (Å²) in [5, 5.41) is 5.08. The molecule has 0 saturated carbocycles. The lowest BCUT2D eigenvalue weighted by molar-refractivity contribution is -0.121. The second-order valence-electron chi connectivity index (χ2n) is 5.73. The fraction of sp³-hybridized carbons (Fsp3) is 0.235. The summed E-state index contributed by atoms with van der Waals surface area (Å²) in [7, 11) is 0. The highest BCUT2D eigenvalue weighted by Gasteiger charge is 2.28. The van der Waals surface area contributed by atoms with Crippen LogP contribution in [0.3, 0.4) is 0 Å². The maximum Gasteiger partial charge on any atom is 0.222 e. The van der Waals surface area contributed by atoms with Crippen molar-refractivity contribution >= 4 is 34.0 Å². The van der Waals surface area contributed by atoms with Crippen molar-refractivity contribution in [2.75, 3.05) is 18.0 Å². The molecule has 6 heteroatoms. The molecular weight excluding hydrogens is 308 g/mol. The zero-order chi connectivity index (χ0) is 15.8. The smallest absolute Gasteiger partial charge is 0.222 e. The summed E-state index contributed by atoms with van der Waals surface area (Å²) < 4.78 is 0. The van der Waals surface area contributed by atoms with Crippen molar-refractivity contribution in [2.24, 2.45) is 11.7 Å². The number of hydrogen-bond donors (Lipinski definition) is 1. The summed E-state index contributed by atoms with van der Waals surface area (Å²) in [6.07, 6.45) is 0.779. The van der Waals surface area contributed by atoms with E-state index in [4.69, 9.17) is 10.7 Å². The standard InChI is InChI=1S/C17H16N4OS/c18-15(22)11-5-7-21(9-11)17-13-3-1-2-4-14(13)19-16(20-17)12-6-8-23-10-12/h1-4,6,8,10-11H,5,7,9H2,(H2,18,22). The number of rotatable bonds is 3. The van der Waals surface area contributed by atoms with Gasteiger partial charge >= 0.3 is 0 Å². The molecule has 1 amide bonds. The van der Waals surface area contributed by atoms with Crippen molar-refractivity contribution in [1.82, 2.24) is 9.97 Å². The van der Waals surface area contributed by atoms with E-state index in [9.17, 15) is 4.79 Å². The number of para-hydroxylation sites is 1. The first-order valence-corrected chi connectivity index (χ1v) is 8.50. The van der Waals surface area contributed by atoms with E-state index in [0.717, 1.165) is 41.1 Å². The summed E-state index contributed by atoms with van der Waals surface area (Å²) in [5.41, 5.74) is 7.40. The summed E-state index contributed by atoms with van der Waals surface area (Å²) in [6, 6.07) is 10.0. The van der Waals surface area contributed by atoms with Crippen molar-refractivity contribution in [2.45, 2.75) is 6.42 Å². The fourth-order valence-corrected chi connectivity index (χ4v) is 3.64. The highest BCUT2D eigenvalue weighted by atomic mass is 32.1. The number of carbonyl (C=O) groups excluding carboxylic acids is 1. The van der Waals surface area contributed by atoms with Crippen LogP contribution in [0.4, 0.5) is 5.82 Å². The van der Waals surface area contributed by atoms with Crippen LogP contribution < -0.4 is 10.6 Å². The molecule has 0 radical (unpaired) electrons. The van der Waals surface area contributed by atoms with Gasteiger partial charge in [-0.1, -0.05) is 12.1 Å². The van der Waals surface area contributed by atoms with Gasteiger partial charge in [-0.2, -0.15) is 11.3 Å². The van der Waals surface area contributed by atoms with Crippen LogP contribution in [0, 0.1) is 5.92 Å². The van der Waals surface area contributed by atoms with Gasteiger partial charge in [0.2, 0.25) is 5.91 Å². The predicted octanol–water partition coefficient (Wildman–Crippen LogP) is 2.67. The molecule has 1 aromatic carbocycles. The monoisotopic (exact) mass is 324 g/mol. The minimum atomic E-state index is -0.232. The number of carbonyl (C=O) groups is 1. The Kier molecular flexibility index (Phi) is 3.46. The van der Waals surface area contributed by atoms with Gasteiger partial charge in [0, 0.05) is 29.4 Å². The van der Waals surface area contributed by atoms with Gasteiger partial charge in [-0.05, 0) is 30.0 Å². The van der Waals surface area contributed by atoms with E-state index in [-0.39, 0.29) is 11.8 Å². The number of nitrogens with two attached hydrogens (primary N) is 1. The molecule has 2 N–H and O–H groups in total. The molecule has 0 bridgehead atoms.